The molecule has 2 heterocycles. The summed E-state index contributed by atoms with van der Waals surface area (Å²) < 4.78 is 10.6. The van der Waals surface area contributed by atoms with Crippen molar-refractivity contribution in [1.82, 2.24) is 5.32 Å². The summed E-state index contributed by atoms with van der Waals surface area (Å²) in [6.07, 6.45) is 4.36. The van der Waals surface area contributed by atoms with Gasteiger partial charge in [0, 0.05) is 31.3 Å². The van der Waals surface area contributed by atoms with E-state index in [1.165, 1.54) is 0 Å². The molecular formula is C18H25N3O4. The van der Waals surface area contributed by atoms with E-state index in [0.717, 1.165) is 31.4 Å². The highest BCUT2D eigenvalue weighted by Gasteiger charge is 2.35. The van der Waals surface area contributed by atoms with Crippen LogP contribution in [0.3, 0.4) is 0 Å². The Morgan fingerprint density at radius 2 is 2.00 bits per heavy atom. The molecule has 0 bridgehead atoms. The second-order valence-corrected chi connectivity index (χ2v) is 6.44. The first kappa shape index (κ1) is 17.5. The van der Waals surface area contributed by atoms with Crippen LogP contribution in [0.1, 0.15) is 32.1 Å². The van der Waals surface area contributed by atoms with Gasteiger partial charge in [-0.2, -0.15) is 0 Å². The van der Waals surface area contributed by atoms with Gasteiger partial charge in [0.25, 0.3) is 0 Å². The molecule has 1 atom stereocenters. The summed E-state index contributed by atoms with van der Waals surface area (Å²) in [5.74, 6) is 0.925. The van der Waals surface area contributed by atoms with E-state index >= 15 is 0 Å². The van der Waals surface area contributed by atoms with Gasteiger partial charge < -0.3 is 25.4 Å². The van der Waals surface area contributed by atoms with Crippen molar-refractivity contribution in [3.8, 4) is 11.5 Å². The van der Waals surface area contributed by atoms with Crippen molar-refractivity contribution < 1.29 is 19.1 Å². The third kappa shape index (κ3) is 4.22. The molecule has 7 nitrogen and oxygen atoms in total. The molecule has 2 amide bonds. The van der Waals surface area contributed by atoms with E-state index in [0.29, 0.717) is 31.1 Å². The Kier molecular flexibility index (Phi) is 5.75. The molecule has 1 saturated heterocycles. The zero-order chi connectivity index (χ0) is 17.6. The molecule has 1 fully saturated rings. The van der Waals surface area contributed by atoms with E-state index in [4.69, 9.17) is 15.2 Å². The molecule has 2 aliphatic rings. The maximum absolute atomic E-state index is 12.3. The SMILES string of the molecule is NCCCCCCNC(=O)C1CC(=O)N(c2ccc3c(c2)OCO3)C1. The van der Waals surface area contributed by atoms with Crippen molar-refractivity contribution in [2.75, 3.05) is 31.3 Å². The zero-order valence-electron chi connectivity index (χ0n) is 14.3. The highest BCUT2D eigenvalue weighted by atomic mass is 16.7. The van der Waals surface area contributed by atoms with Gasteiger partial charge in [0.15, 0.2) is 11.5 Å². The number of benzene rings is 1. The third-order valence-corrected chi connectivity index (χ3v) is 4.59. The van der Waals surface area contributed by atoms with Crippen LogP contribution < -0.4 is 25.4 Å². The summed E-state index contributed by atoms with van der Waals surface area (Å²) >= 11 is 0. The van der Waals surface area contributed by atoms with Crippen LogP contribution in [0.2, 0.25) is 0 Å². The number of carbonyl (C=O) groups excluding carboxylic acids is 2. The van der Waals surface area contributed by atoms with Gasteiger partial charge in [-0.25, -0.2) is 0 Å². The lowest BCUT2D eigenvalue weighted by Gasteiger charge is -2.17. The van der Waals surface area contributed by atoms with Crippen LogP contribution in [0.25, 0.3) is 0 Å². The fourth-order valence-electron chi connectivity index (χ4n) is 3.16. The first-order valence-corrected chi connectivity index (χ1v) is 8.87. The van der Waals surface area contributed by atoms with Crippen molar-refractivity contribution in [3.63, 3.8) is 0 Å². The Balaban J connectivity index is 1.49. The van der Waals surface area contributed by atoms with E-state index in [-0.39, 0.29) is 30.9 Å². The number of hydrogen-bond donors (Lipinski definition) is 2. The average molecular weight is 347 g/mol. The van der Waals surface area contributed by atoms with Gasteiger partial charge in [-0.3, -0.25) is 9.59 Å². The number of rotatable bonds is 8. The van der Waals surface area contributed by atoms with E-state index in [2.05, 4.69) is 5.32 Å². The number of unbranched alkanes of at least 4 members (excludes halogenated alkanes) is 3. The minimum absolute atomic E-state index is 0.0399. The number of nitrogens with one attached hydrogen (secondary N) is 1. The van der Waals surface area contributed by atoms with Crippen LogP contribution in [0.15, 0.2) is 18.2 Å². The Bertz CT molecular complexity index is 635. The molecule has 2 aliphatic heterocycles. The van der Waals surface area contributed by atoms with Gasteiger partial charge in [-0.1, -0.05) is 12.8 Å². The molecule has 0 aliphatic carbocycles. The van der Waals surface area contributed by atoms with Crippen molar-refractivity contribution in [3.05, 3.63) is 18.2 Å². The molecule has 1 aromatic rings. The normalized spacial score (nSPS) is 18.7. The highest BCUT2D eigenvalue weighted by Crippen LogP contribution is 2.37. The van der Waals surface area contributed by atoms with Crippen LogP contribution in [0.4, 0.5) is 5.69 Å². The summed E-state index contributed by atoms with van der Waals surface area (Å²) in [4.78, 5) is 26.2. The summed E-state index contributed by atoms with van der Waals surface area (Å²) in [5, 5.41) is 2.94. The number of ether oxygens (including phenoxy) is 2. The fourth-order valence-corrected chi connectivity index (χ4v) is 3.16. The van der Waals surface area contributed by atoms with Crippen molar-refractivity contribution in [2.45, 2.75) is 32.1 Å². The second-order valence-electron chi connectivity index (χ2n) is 6.44. The third-order valence-electron chi connectivity index (χ3n) is 4.59. The topological polar surface area (TPSA) is 93.9 Å². The van der Waals surface area contributed by atoms with Crippen LogP contribution >= 0.6 is 0 Å². The maximum atomic E-state index is 12.3. The predicted molar refractivity (Wildman–Crippen MR) is 93.6 cm³/mol. The van der Waals surface area contributed by atoms with Crippen molar-refractivity contribution >= 4 is 17.5 Å². The van der Waals surface area contributed by atoms with E-state index in [1.54, 1.807) is 17.0 Å². The first-order chi connectivity index (χ1) is 12.2. The number of nitrogens with zero attached hydrogens (tertiary/aromatic N) is 1. The molecule has 3 rings (SSSR count). The monoisotopic (exact) mass is 347 g/mol. The predicted octanol–water partition coefficient (Wildman–Crippen LogP) is 1.40. The molecule has 136 valence electrons. The van der Waals surface area contributed by atoms with Crippen molar-refractivity contribution in [2.24, 2.45) is 11.7 Å². The van der Waals surface area contributed by atoms with Gasteiger partial charge in [0.1, 0.15) is 0 Å². The van der Waals surface area contributed by atoms with Crippen LogP contribution in [-0.4, -0.2) is 38.2 Å². The quantitative estimate of drug-likeness (QED) is 0.693. The zero-order valence-corrected chi connectivity index (χ0v) is 14.3. The number of hydrogen-bond acceptors (Lipinski definition) is 5. The lowest BCUT2D eigenvalue weighted by molar-refractivity contribution is -0.126. The van der Waals surface area contributed by atoms with E-state index in [9.17, 15) is 9.59 Å². The summed E-state index contributed by atoms with van der Waals surface area (Å²) in [6, 6.07) is 5.40. The Morgan fingerprint density at radius 3 is 2.84 bits per heavy atom. The lowest BCUT2D eigenvalue weighted by Crippen LogP contribution is -2.33. The van der Waals surface area contributed by atoms with E-state index in [1.807, 2.05) is 6.07 Å². The van der Waals surface area contributed by atoms with Crippen LogP contribution in [-0.2, 0) is 9.59 Å². The molecule has 7 heteroatoms. The number of fused-ring (bicyclic) bond motifs is 1. The van der Waals surface area contributed by atoms with Gasteiger partial charge >= 0.3 is 0 Å². The number of nitrogens with two attached hydrogens (primary N) is 1. The Labute approximate surface area is 147 Å². The summed E-state index contributed by atoms with van der Waals surface area (Å²) in [7, 11) is 0. The molecule has 0 aromatic heterocycles. The van der Waals surface area contributed by atoms with Gasteiger partial charge in [-0.15, -0.1) is 0 Å². The van der Waals surface area contributed by atoms with Crippen LogP contribution in [0, 0.1) is 5.92 Å². The number of amides is 2. The Morgan fingerprint density at radius 1 is 1.20 bits per heavy atom. The fraction of sp³-hybridized carbons (Fsp3) is 0.556. The minimum Gasteiger partial charge on any atom is -0.454 e. The highest BCUT2D eigenvalue weighted by molar-refractivity contribution is 6.00. The minimum atomic E-state index is -0.304. The smallest absolute Gasteiger partial charge is 0.231 e. The molecule has 3 N–H and O–H groups in total. The summed E-state index contributed by atoms with van der Waals surface area (Å²) in [6.45, 7) is 1.96. The number of anilines is 1. The molecule has 1 aromatic carbocycles. The first-order valence-electron chi connectivity index (χ1n) is 8.87. The molecule has 25 heavy (non-hydrogen) atoms. The molecular weight excluding hydrogens is 322 g/mol. The lowest BCUT2D eigenvalue weighted by atomic mass is 10.1. The second kappa shape index (κ2) is 8.20. The largest absolute Gasteiger partial charge is 0.454 e. The summed E-state index contributed by atoms with van der Waals surface area (Å²) in [5.41, 5.74) is 6.20. The van der Waals surface area contributed by atoms with Crippen molar-refractivity contribution in [1.29, 1.82) is 0 Å². The van der Waals surface area contributed by atoms with E-state index < -0.39 is 0 Å². The number of carbonyl (C=O) groups is 2. The molecule has 0 spiro atoms. The van der Waals surface area contributed by atoms with Gasteiger partial charge in [-0.05, 0) is 31.5 Å². The Hall–Kier alpha value is -2.28. The molecule has 0 saturated carbocycles. The standard InChI is InChI=1S/C18H25N3O4/c19-7-3-1-2-4-8-20-18(23)13-9-17(22)21(11-13)14-5-6-15-16(10-14)25-12-24-15/h5-6,10,13H,1-4,7-9,11-12,19H2,(H,20,23). The molecule has 1 unspecified atom stereocenters. The van der Waals surface area contributed by atoms with Crippen LogP contribution in [0.5, 0.6) is 11.5 Å². The molecule has 0 radical (unpaired) electrons. The average Bonchev–Trinajstić information content (AvgIpc) is 3.23. The van der Waals surface area contributed by atoms with Gasteiger partial charge in [0.2, 0.25) is 18.6 Å². The maximum Gasteiger partial charge on any atom is 0.231 e. The van der Waals surface area contributed by atoms with Gasteiger partial charge in [0.05, 0.1) is 5.92 Å².